The maximum absolute atomic E-state index is 10.5. The van der Waals surface area contributed by atoms with Crippen molar-refractivity contribution in [3.8, 4) is 0 Å². The summed E-state index contributed by atoms with van der Waals surface area (Å²) in [5, 5.41) is 10.7. The molecule has 0 amide bonds. The van der Waals surface area contributed by atoms with E-state index in [1.807, 2.05) is 6.26 Å². The molecule has 26 heavy (non-hydrogen) atoms. The van der Waals surface area contributed by atoms with Crippen molar-refractivity contribution in [1.29, 1.82) is 0 Å². The molecule has 0 aliphatic carbocycles. The molecule has 0 aromatic carbocycles. The predicted octanol–water partition coefficient (Wildman–Crippen LogP) is 7.51. The standard InChI is InChI=1S/C22H46O2Si2/c1-10-11-12-13-14-15-16-21(23)17-20(19-25(5,6)7)18-24-26(8,9)22(2,3)4/h14-15,18,21,23H,10-13,16-17,19H2,1-9H3/b15-14+,20-18-. The summed E-state index contributed by atoms with van der Waals surface area (Å²) in [6.45, 7) is 20.7. The summed E-state index contributed by atoms with van der Waals surface area (Å²) in [6.07, 6.45) is 12.5. The molecule has 4 heteroatoms. The van der Waals surface area contributed by atoms with E-state index in [0.717, 1.165) is 25.3 Å². The lowest BCUT2D eigenvalue weighted by atomic mass is 10.1. The number of aliphatic hydroxyl groups is 1. The first-order valence-electron chi connectivity index (χ1n) is 10.5. The Morgan fingerprint density at radius 3 is 2.15 bits per heavy atom. The van der Waals surface area contributed by atoms with Crippen molar-refractivity contribution in [2.24, 2.45) is 0 Å². The second-order valence-corrected chi connectivity index (χ2v) is 20.7. The first-order valence-corrected chi connectivity index (χ1v) is 17.1. The Labute approximate surface area is 166 Å². The normalized spacial score (nSPS) is 15.5. The number of aliphatic hydroxyl groups excluding tert-OH is 1. The number of hydrogen-bond donors (Lipinski definition) is 1. The Balaban J connectivity index is 4.81. The highest BCUT2D eigenvalue weighted by Crippen LogP contribution is 2.37. The topological polar surface area (TPSA) is 29.5 Å². The van der Waals surface area contributed by atoms with Crippen LogP contribution in [-0.2, 0) is 4.43 Å². The first-order chi connectivity index (χ1) is 11.8. The monoisotopic (exact) mass is 398 g/mol. The van der Waals surface area contributed by atoms with Crippen LogP contribution in [0.5, 0.6) is 0 Å². The van der Waals surface area contributed by atoms with E-state index in [1.54, 1.807) is 0 Å². The van der Waals surface area contributed by atoms with E-state index in [-0.39, 0.29) is 11.1 Å². The smallest absolute Gasteiger partial charge is 0.249 e. The lowest BCUT2D eigenvalue weighted by Crippen LogP contribution is -2.39. The molecule has 0 rings (SSSR count). The molecule has 1 atom stereocenters. The Morgan fingerprint density at radius 1 is 1.04 bits per heavy atom. The van der Waals surface area contributed by atoms with E-state index < -0.39 is 16.4 Å². The van der Waals surface area contributed by atoms with Crippen LogP contribution in [0.2, 0.25) is 43.8 Å². The average Bonchev–Trinajstić information content (AvgIpc) is 2.46. The van der Waals surface area contributed by atoms with Gasteiger partial charge in [-0.1, -0.05) is 72.3 Å². The molecular formula is C22H46O2Si2. The van der Waals surface area contributed by atoms with Crippen LogP contribution in [0.15, 0.2) is 24.0 Å². The van der Waals surface area contributed by atoms with Crippen molar-refractivity contribution >= 4 is 16.4 Å². The fourth-order valence-electron chi connectivity index (χ4n) is 2.52. The van der Waals surface area contributed by atoms with E-state index in [4.69, 9.17) is 4.43 Å². The second kappa shape index (κ2) is 11.5. The van der Waals surface area contributed by atoms with Gasteiger partial charge < -0.3 is 9.53 Å². The van der Waals surface area contributed by atoms with Crippen molar-refractivity contribution in [2.45, 2.75) is 116 Å². The Morgan fingerprint density at radius 2 is 1.65 bits per heavy atom. The van der Waals surface area contributed by atoms with E-state index in [1.165, 1.54) is 24.8 Å². The van der Waals surface area contributed by atoms with Gasteiger partial charge in [-0.2, -0.15) is 0 Å². The molecule has 0 aliphatic heterocycles. The summed E-state index contributed by atoms with van der Waals surface area (Å²) in [6, 6.07) is 1.10. The van der Waals surface area contributed by atoms with Crippen LogP contribution in [0.3, 0.4) is 0 Å². The fraction of sp³-hybridized carbons (Fsp3) is 0.818. The van der Waals surface area contributed by atoms with Gasteiger partial charge in [0.2, 0.25) is 8.32 Å². The van der Waals surface area contributed by atoms with E-state index in [2.05, 4.69) is 72.6 Å². The van der Waals surface area contributed by atoms with Crippen LogP contribution in [-0.4, -0.2) is 27.6 Å². The highest BCUT2D eigenvalue weighted by Gasteiger charge is 2.38. The number of rotatable bonds is 12. The molecule has 0 saturated carbocycles. The third-order valence-corrected chi connectivity index (χ3v) is 11.0. The summed E-state index contributed by atoms with van der Waals surface area (Å²) in [5.74, 6) is 0. The molecule has 2 nitrogen and oxygen atoms in total. The van der Waals surface area contributed by atoms with Gasteiger partial charge >= 0.3 is 0 Å². The second-order valence-electron chi connectivity index (χ2n) is 10.5. The molecule has 0 heterocycles. The minimum atomic E-state index is -1.79. The van der Waals surface area contributed by atoms with Crippen LogP contribution < -0.4 is 0 Å². The minimum Gasteiger partial charge on any atom is -0.549 e. The zero-order valence-electron chi connectivity index (χ0n) is 19.1. The van der Waals surface area contributed by atoms with Crippen LogP contribution in [0.25, 0.3) is 0 Å². The Kier molecular flexibility index (Phi) is 11.4. The molecular weight excluding hydrogens is 352 g/mol. The third kappa shape index (κ3) is 12.1. The van der Waals surface area contributed by atoms with Gasteiger partial charge in [-0.15, -0.1) is 0 Å². The van der Waals surface area contributed by atoms with Gasteiger partial charge in [0.05, 0.1) is 12.4 Å². The van der Waals surface area contributed by atoms with Gasteiger partial charge in [0.25, 0.3) is 0 Å². The Bertz CT molecular complexity index is 440. The van der Waals surface area contributed by atoms with Crippen molar-refractivity contribution in [3.63, 3.8) is 0 Å². The molecule has 0 aliphatic rings. The highest BCUT2D eigenvalue weighted by molar-refractivity contribution is 6.76. The van der Waals surface area contributed by atoms with Crippen molar-refractivity contribution in [1.82, 2.24) is 0 Å². The zero-order chi connectivity index (χ0) is 20.4. The van der Waals surface area contributed by atoms with Crippen molar-refractivity contribution < 1.29 is 9.53 Å². The molecule has 0 spiro atoms. The molecule has 154 valence electrons. The number of allylic oxidation sites excluding steroid dienone is 1. The van der Waals surface area contributed by atoms with E-state index in [9.17, 15) is 5.11 Å². The van der Waals surface area contributed by atoms with Gasteiger partial charge in [-0.3, -0.25) is 0 Å². The summed E-state index contributed by atoms with van der Waals surface area (Å²) < 4.78 is 6.34. The van der Waals surface area contributed by atoms with Gasteiger partial charge in [-0.05, 0) is 55.4 Å². The number of unbranched alkanes of at least 4 members (excludes halogenated alkanes) is 3. The Hall–Kier alpha value is -0.326. The van der Waals surface area contributed by atoms with Gasteiger partial charge in [0.1, 0.15) is 0 Å². The molecule has 0 radical (unpaired) electrons. The molecule has 1 N–H and O–H groups in total. The summed E-state index contributed by atoms with van der Waals surface area (Å²) in [4.78, 5) is 0. The zero-order valence-corrected chi connectivity index (χ0v) is 21.1. The van der Waals surface area contributed by atoms with Crippen LogP contribution in [0.4, 0.5) is 0 Å². The molecule has 0 aromatic heterocycles. The quantitative estimate of drug-likeness (QED) is 0.159. The van der Waals surface area contributed by atoms with E-state index >= 15 is 0 Å². The predicted molar refractivity (Wildman–Crippen MR) is 123 cm³/mol. The number of hydrogen-bond acceptors (Lipinski definition) is 2. The molecule has 0 fully saturated rings. The van der Waals surface area contributed by atoms with Crippen LogP contribution in [0.1, 0.15) is 66.2 Å². The van der Waals surface area contributed by atoms with Crippen LogP contribution >= 0.6 is 0 Å². The minimum absolute atomic E-state index is 0.202. The van der Waals surface area contributed by atoms with Gasteiger partial charge in [0, 0.05) is 8.07 Å². The lowest BCUT2D eigenvalue weighted by molar-refractivity contribution is 0.177. The molecule has 0 bridgehead atoms. The maximum Gasteiger partial charge on any atom is 0.249 e. The third-order valence-electron chi connectivity index (χ3n) is 5.13. The summed E-state index contributed by atoms with van der Waals surface area (Å²) >= 11 is 0. The van der Waals surface area contributed by atoms with Gasteiger partial charge in [-0.25, -0.2) is 0 Å². The fourth-order valence-corrected chi connectivity index (χ4v) is 4.92. The SMILES string of the molecule is CCCCC/C=C/CC(O)C/C(=C/O[Si](C)(C)C(C)(C)C)C[Si](C)(C)C. The highest BCUT2D eigenvalue weighted by atomic mass is 28.4. The molecule has 1 unspecified atom stereocenters. The summed E-state index contributed by atoms with van der Waals surface area (Å²) in [5.41, 5.74) is 1.29. The largest absolute Gasteiger partial charge is 0.549 e. The molecule has 0 saturated heterocycles. The first kappa shape index (κ1) is 25.7. The lowest BCUT2D eigenvalue weighted by Gasteiger charge is -2.35. The van der Waals surface area contributed by atoms with Crippen LogP contribution in [0, 0.1) is 0 Å². The maximum atomic E-state index is 10.5. The molecule has 0 aromatic rings. The van der Waals surface area contributed by atoms with Gasteiger partial charge in [0.15, 0.2) is 0 Å². The van der Waals surface area contributed by atoms with Crippen molar-refractivity contribution in [3.05, 3.63) is 24.0 Å². The average molecular weight is 399 g/mol. The van der Waals surface area contributed by atoms with Crippen molar-refractivity contribution in [2.75, 3.05) is 0 Å². The summed E-state index contributed by atoms with van der Waals surface area (Å²) in [7, 11) is -3.04. The van der Waals surface area contributed by atoms with E-state index in [0.29, 0.717) is 0 Å².